The number of ether oxygens (including phenoxy) is 2. The fraction of sp³-hybridized carbons (Fsp3) is 0.190. The number of hydrogen-bond donors (Lipinski definition) is 1. The van der Waals surface area contributed by atoms with E-state index < -0.39 is 6.10 Å². The molecule has 142 valence electrons. The second-order valence-electron chi connectivity index (χ2n) is 6.39. The third-order valence-corrected chi connectivity index (χ3v) is 5.44. The van der Waals surface area contributed by atoms with Crippen molar-refractivity contribution in [2.24, 2.45) is 0 Å². The topological polar surface area (TPSA) is 77.5 Å². The number of hydrogen-bond acceptors (Lipinski definition) is 6. The number of cyclic esters (lactones) is 1. The van der Waals surface area contributed by atoms with E-state index in [9.17, 15) is 9.59 Å². The van der Waals surface area contributed by atoms with Crippen molar-refractivity contribution in [3.05, 3.63) is 64.5 Å². The predicted molar refractivity (Wildman–Crippen MR) is 107 cm³/mol. The SMILES string of the molecule is COc1ccc(-c2nc(NC(=O)C[C@@H]3OC(=O)c4ccccc43)sc2C)cc1. The molecule has 3 aromatic rings. The minimum absolute atomic E-state index is 0.0548. The summed E-state index contributed by atoms with van der Waals surface area (Å²) in [6.45, 7) is 1.96. The van der Waals surface area contributed by atoms with Crippen LogP contribution < -0.4 is 10.1 Å². The van der Waals surface area contributed by atoms with Crippen LogP contribution in [0.1, 0.15) is 33.3 Å². The molecule has 0 saturated heterocycles. The number of anilines is 1. The zero-order valence-corrected chi connectivity index (χ0v) is 16.2. The van der Waals surface area contributed by atoms with Crippen molar-refractivity contribution in [1.29, 1.82) is 0 Å². The molecule has 1 aromatic heterocycles. The number of thiazole rings is 1. The molecule has 6 nitrogen and oxygen atoms in total. The van der Waals surface area contributed by atoms with Gasteiger partial charge in [-0.2, -0.15) is 0 Å². The number of carbonyl (C=O) groups is 2. The summed E-state index contributed by atoms with van der Waals surface area (Å²) in [6, 6.07) is 14.7. The third-order valence-electron chi connectivity index (χ3n) is 4.55. The van der Waals surface area contributed by atoms with E-state index in [2.05, 4.69) is 10.3 Å². The summed E-state index contributed by atoms with van der Waals surface area (Å²) in [5.41, 5.74) is 3.04. The number of nitrogens with zero attached hydrogens (tertiary/aromatic N) is 1. The zero-order chi connectivity index (χ0) is 19.7. The molecule has 0 fully saturated rings. The molecule has 4 rings (SSSR count). The van der Waals surface area contributed by atoms with Gasteiger partial charge in [0.2, 0.25) is 5.91 Å². The largest absolute Gasteiger partial charge is 0.497 e. The number of benzene rings is 2. The number of amides is 1. The minimum Gasteiger partial charge on any atom is -0.497 e. The van der Waals surface area contributed by atoms with Crippen molar-refractivity contribution in [2.45, 2.75) is 19.4 Å². The molecule has 1 aliphatic rings. The van der Waals surface area contributed by atoms with E-state index >= 15 is 0 Å². The molecule has 0 bridgehead atoms. The Kier molecular flexibility index (Phi) is 4.83. The fourth-order valence-electron chi connectivity index (χ4n) is 3.18. The number of aryl methyl sites for hydroxylation is 1. The van der Waals surface area contributed by atoms with Gasteiger partial charge in [0.1, 0.15) is 11.9 Å². The Balaban J connectivity index is 1.46. The van der Waals surface area contributed by atoms with Crippen molar-refractivity contribution < 1.29 is 19.1 Å². The van der Waals surface area contributed by atoms with Gasteiger partial charge in [-0.3, -0.25) is 4.79 Å². The van der Waals surface area contributed by atoms with Gasteiger partial charge >= 0.3 is 5.97 Å². The standard InChI is InChI=1S/C21H18N2O4S/c1-12-19(13-7-9-14(26-2)10-8-13)23-21(28-12)22-18(24)11-17-15-5-3-4-6-16(15)20(25)27-17/h3-10,17H,11H2,1-2H3,(H,22,23,24)/t17-/m0/s1. The average molecular weight is 394 g/mol. The molecule has 1 aliphatic heterocycles. The maximum atomic E-state index is 12.5. The van der Waals surface area contributed by atoms with Crippen molar-refractivity contribution >= 4 is 28.3 Å². The molecule has 28 heavy (non-hydrogen) atoms. The van der Waals surface area contributed by atoms with Crippen LogP contribution in [0, 0.1) is 6.92 Å². The molecule has 1 atom stereocenters. The average Bonchev–Trinajstić information content (AvgIpc) is 3.22. The van der Waals surface area contributed by atoms with Crippen LogP contribution in [0.25, 0.3) is 11.3 Å². The Hall–Kier alpha value is -3.19. The first-order valence-corrected chi connectivity index (χ1v) is 9.58. The van der Waals surface area contributed by atoms with Crippen LogP contribution in [0.15, 0.2) is 48.5 Å². The molecular weight excluding hydrogens is 376 g/mol. The monoisotopic (exact) mass is 394 g/mol. The number of rotatable bonds is 5. The summed E-state index contributed by atoms with van der Waals surface area (Å²) < 4.78 is 10.5. The van der Waals surface area contributed by atoms with Crippen LogP contribution in [-0.4, -0.2) is 24.0 Å². The van der Waals surface area contributed by atoms with Gasteiger partial charge < -0.3 is 14.8 Å². The maximum absolute atomic E-state index is 12.5. The highest BCUT2D eigenvalue weighted by Gasteiger charge is 2.32. The minimum atomic E-state index is -0.564. The molecule has 0 aliphatic carbocycles. The molecule has 2 heterocycles. The lowest BCUT2D eigenvalue weighted by molar-refractivity contribution is -0.118. The van der Waals surface area contributed by atoms with Gasteiger partial charge in [-0.15, -0.1) is 11.3 Å². The van der Waals surface area contributed by atoms with E-state index in [0.717, 1.165) is 27.4 Å². The van der Waals surface area contributed by atoms with E-state index in [0.29, 0.717) is 10.7 Å². The zero-order valence-electron chi connectivity index (χ0n) is 15.4. The lowest BCUT2D eigenvalue weighted by atomic mass is 10.0. The van der Waals surface area contributed by atoms with Crippen LogP contribution in [0.2, 0.25) is 0 Å². The molecule has 1 N–H and O–H groups in total. The Labute approximate surface area is 166 Å². The second kappa shape index (κ2) is 7.44. The normalized spacial score (nSPS) is 15.1. The number of aromatic nitrogens is 1. The molecule has 2 aromatic carbocycles. The maximum Gasteiger partial charge on any atom is 0.339 e. The van der Waals surface area contributed by atoms with Gasteiger partial charge in [-0.1, -0.05) is 18.2 Å². The van der Waals surface area contributed by atoms with Crippen LogP contribution in [-0.2, 0) is 9.53 Å². The first kappa shape index (κ1) is 18.2. The summed E-state index contributed by atoms with van der Waals surface area (Å²) in [6.07, 6.45) is -0.509. The van der Waals surface area contributed by atoms with Crippen LogP contribution in [0.4, 0.5) is 5.13 Å². The van der Waals surface area contributed by atoms with Gasteiger partial charge in [0.15, 0.2) is 5.13 Å². The van der Waals surface area contributed by atoms with Crippen molar-refractivity contribution in [2.75, 3.05) is 12.4 Å². The van der Waals surface area contributed by atoms with Gasteiger partial charge in [-0.05, 0) is 37.3 Å². The second-order valence-corrected chi connectivity index (χ2v) is 7.59. The molecule has 1 amide bonds. The van der Waals surface area contributed by atoms with E-state index in [-0.39, 0.29) is 18.3 Å². The Morgan fingerprint density at radius 1 is 1.21 bits per heavy atom. The van der Waals surface area contributed by atoms with E-state index in [1.54, 1.807) is 19.2 Å². The van der Waals surface area contributed by atoms with Crippen LogP contribution in [0.5, 0.6) is 5.75 Å². The lowest BCUT2D eigenvalue weighted by Gasteiger charge is -2.09. The van der Waals surface area contributed by atoms with Crippen molar-refractivity contribution in [1.82, 2.24) is 4.98 Å². The van der Waals surface area contributed by atoms with E-state index in [1.165, 1.54) is 11.3 Å². The molecule has 0 saturated carbocycles. The van der Waals surface area contributed by atoms with E-state index in [1.807, 2.05) is 43.3 Å². The first-order valence-electron chi connectivity index (χ1n) is 8.77. The first-order chi connectivity index (χ1) is 13.5. The molecule has 0 unspecified atom stereocenters. The summed E-state index contributed by atoms with van der Waals surface area (Å²) in [5.74, 6) is 0.140. The van der Waals surface area contributed by atoms with Crippen LogP contribution >= 0.6 is 11.3 Å². The third kappa shape index (κ3) is 3.48. The summed E-state index contributed by atoms with van der Waals surface area (Å²) in [4.78, 5) is 29.9. The number of methoxy groups -OCH3 is 1. The fourth-order valence-corrected chi connectivity index (χ4v) is 4.03. The van der Waals surface area contributed by atoms with Crippen LogP contribution in [0.3, 0.4) is 0 Å². The van der Waals surface area contributed by atoms with Crippen molar-refractivity contribution in [3.63, 3.8) is 0 Å². The molecule has 0 spiro atoms. The van der Waals surface area contributed by atoms with Gasteiger partial charge in [-0.25, -0.2) is 9.78 Å². The number of carbonyl (C=O) groups excluding carboxylic acids is 2. The molecule has 0 radical (unpaired) electrons. The summed E-state index contributed by atoms with van der Waals surface area (Å²) >= 11 is 1.41. The van der Waals surface area contributed by atoms with Gasteiger partial charge in [0.25, 0.3) is 0 Å². The number of fused-ring (bicyclic) bond motifs is 1. The summed E-state index contributed by atoms with van der Waals surface area (Å²) in [7, 11) is 1.62. The lowest BCUT2D eigenvalue weighted by Crippen LogP contribution is -2.15. The Bertz CT molecular complexity index is 1040. The van der Waals surface area contributed by atoms with Crippen molar-refractivity contribution in [3.8, 4) is 17.0 Å². The Morgan fingerprint density at radius 2 is 1.96 bits per heavy atom. The number of esters is 1. The predicted octanol–water partition coefficient (Wildman–Crippen LogP) is 4.37. The molecule has 7 heteroatoms. The highest BCUT2D eigenvalue weighted by molar-refractivity contribution is 7.16. The Morgan fingerprint density at radius 3 is 2.71 bits per heavy atom. The quantitative estimate of drug-likeness (QED) is 0.650. The smallest absolute Gasteiger partial charge is 0.339 e. The number of nitrogens with one attached hydrogen (secondary N) is 1. The van der Waals surface area contributed by atoms with Gasteiger partial charge in [0, 0.05) is 16.0 Å². The van der Waals surface area contributed by atoms with Gasteiger partial charge in [0.05, 0.1) is 24.8 Å². The summed E-state index contributed by atoms with van der Waals surface area (Å²) in [5, 5.41) is 3.34. The van der Waals surface area contributed by atoms with E-state index in [4.69, 9.17) is 9.47 Å². The highest BCUT2D eigenvalue weighted by atomic mass is 32.1. The molecular formula is C21H18N2O4S. The highest BCUT2D eigenvalue weighted by Crippen LogP contribution is 2.34.